The molecule has 0 unspecified atom stereocenters. The number of hydrogen-bond acceptors (Lipinski definition) is 1. The first kappa shape index (κ1) is 19.4. The molecule has 0 aromatic carbocycles. The van der Waals surface area contributed by atoms with Gasteiger partial charge in [0.1, 0.15) is 0 Å². The third-order valence-electron chi connectivity index (χ3n) is 3.88. The quantitative estimate of drug-likeness (QED) is 0.275. The van der Waals surface area contributed by atoms with Gasteiger partial charge in [-0.3, -0.25) is 0 Å². The van der Waals surface area contributed by atoms with Crippen LogP contribution < -0.4 is 0 Å². The highest BCUT2D eigenvalue weighted by Crippen LogP contribution is 2.29. The van der Waals surface area contributed by atoms with Crippen molar-refractivity contribution >= 4 is 18.1 Å². The maximum absolute atomic E-state index is 6.60. The summed E-state index contributed by atoms with van der Waals surface area (Å²) < 4.78 is 6.60. The van der Waals surface area contributed by atoms with Gasteiger partial charge in [-0.2, -0.15) is 0 Å². The molecule has 0 amide bonds. The van der Waals surface area contributed by atoms with E-state index >= 15 is 0 Å². The van der Waals surface area contributed by atoms with Gasteiger partial charge in [0.15, 0.2) is 8.32 Å². The third-order valence-corrected chi connectivity index (χ3v) is 10.5. The average molecular weight is 301 g/mol. The lowest BCUT2D eigenvalue weighted by Gasteiger charge is -2.32. The van der Waals surface area contributed by atoms with Gasteiger partial charge in [-0.25, -0.2) is 0 Å². The second-order valence-electron chi connectivity index (χ2n) is 5.84. The van der Waals surface area contributed by atoms with Crippen LogP contribution in [0.2, 0.25) is 24.2 Å². The Morgan fingerprint density at radius 1 is 0.684 bits per heavy atom. The van der Waals surface area contributed by atoms with E-state index < -0.39 is 8.32 Å². The average Bonchev–Trinajstić information content (AvgIpc) is 2.44. The van der Waals surface area contributed by atoms with Crippen molar-refractivity contribution in [2.75, 3.05) is 0 Å². The first-order valence-electron chi connectivity index (χ1n) is 8.65. The van der Waals surface area contributed by atoms with Crippen molar-refractivity contribution < 1.29 is 4.12 Å². The molecule has 0 aromatic rings. The Hall–Kier alpha value is 0.394. The lowest BCUT2D eigenvalue weighted by molar-refractivity contribution is 0.535. The van der Waals surface area contributed by atoms with Crippen LogP contribution in [-0.4, -0.2) is 18.1 Å². The van der Waals surface area contributed by atoms with Crippen molar-refractivity contribution in [3.63, 3.8) is 0 Å². The molecular formula is C16H36OSi2. The van der Waals surface area contributed by atoms with Gasteiger partial charge in [0.05, 0.1) is 0 Å². The number of unbranched alkanes of at least 4 members (excludes halogenated alkanes) is 4. The Morgan fingerprint density at radius 3 is 1.47 bits per heavy atom. The fraction of sp³-hybridized carbons (Fsp3) is 1.00. The summed E-state index contributed by atoms with van der Waals surface area (Å²) in [5, 5.41) is 0. The fourth-order valence-corrected chi connectivity index (χ4v) is 9.58. The van der Waals surface area contributed by atoms with E-state index in [4.69, 9.17) is 4.12 Å². The van der Waals surface area contributed by atoms with Crippen molar-refractivity contribution in [1.82, 2.24) is 0 Å². The Bertz CT molecular complexity index is 164. The van der Waals surface area contributed by atoms with E-state index in [0.29, 0.717) is 0 Å². The molecule has 0 saturated heterocycles. The monoisotopic (exact) mass is 300 g/mol. The summed E-state index contributed by atoms with van der Waals surface area (Å²) in [6, 6.07) is 5.56. The van der Waals surface area contributed by atoms with Gasteiger partial charge in [0.2, 0.25) is 9.76 Å². The first-order valence-corrected chi connectivity index (χ1v) is 12.3. The lowest BCUT2D eigenvalue weighted by atomic mass is 10.4. The normalized spacial score (nSPS) is 12.0. The minimum Gasteiger partial charge on any atom is -0.456 e. The molecular weight excluding hydrogens is 264 g/mol. The molecule has 0 aliphatic carbocycles. The van der Waals surface area contributed by atoms with Crippen LogP contribution >= 0.6 is 0 Å². The Labute approximate surface area is 126 Å². The SMILES string of the molecule is CCCC[Si]O[Si](CCCC)(CCCC)CCCC. The van der Waals surface area contributed by atoms with E-state index in [1.54, 1.807) is 0 Å². The van der Waals surface area contributed by atoms with Crippen LogP contribution in [0.1, 0.15) is 79.1 Å². The van der Waals surface area contributed by atoms with E-state index in [2.05, 4.69) is 27.7 Å². The van der Waals surface area contributed by atoms with E-state index in [-0.39, 0.29) is 0 Å². The molecule has 19 heavy (non-hydrogen) atoms. The van der Waals surface area contributed by atoms with Gasteiger partial charge in [0, 0.05) is 0 Å². The van der Waals surface area contributed by atoms with Crippen LogP contribution in [0.3, 0.4) is 0 Å². The minimum atomic E-state index is -1.40. The van der Waals surface area contributed by atoms with Crippen molar-refractivity contribution in [3.05, 3.63) is 0 Å². The van der Waals surface area contributed by atoms with E-state index in [1.165, 1.54) is 75.5 Å². The van der Waals surface area contributed by atoms with Gasteiger partial charge < -0.3 is 4.12 Å². The summed E-state index contributed by atoms with van der Waals surface area (Å²) in [4.78, 5) is 0. The van der Waals surface area contributed by atoms with Crippen molar-refractivity contribution in [3.8, 4) is 0 Å². The topological polar surface area (TPSA) is 9.23 Å². The zero-order valence-electron chi connectivity index (χ0n) is 13.9. The number of hydrogen-bond donors (Lipinski definition) is 0. The third kappa shape index (κ3) is 9.86. The van der Waals surface area contributed by atoms with Crippen molar-refractivity contribution in [2.24, 2.45) is 0 Å². The zero-order valence-corrected chi connectivity index (χ0v) is 15.9. The molecule has 0 aromatic heterocycles. The fourth-order valence-electron chi connectivity index (χ4n) is 2.48. The molecule has 2 radical (unpaired) electrons. The standard InChI is InChI=1S/C16H36OSi2/c1-5-9-13-18-17-19(14-10-6-2,15-11-7-3)16-12-8-4/h5-16H2,1-4H3. The van der Waals surface area contributed by atoms with Gasteiger partial charge in [0.25, 0.3) is 0 Å². The van der Waals surface area contributed by atoms with Gasteiger partial charge in [-0.05, 0) is 24.2 Å². The molecule has 0 bridgehead atoms. The van der Waals surface area contributed by atoms with Crippen LogP contribution in [0.15, 0.2) is 0 Å². The van der Waals surface area contributed by atoms with Crippen LogP contribution in [0.5, 0.6) is 0 Å². The molecule has 0 rings (SSSR count). The number of rotatable bonds is 14. The Morgan fingerprint density at radius 2 is 1.11 bits per heavy atom. The Balaban J connectivity index is 4.38. The Kier molecular flexibility index (Phi) is 13.7. The highest BCUT2D eigenvalue weighted by Gasteiger charge is 2.32. The smallest absolute Gasteiger partial charge is 0.215 e. The molecule has 0 heterocycles. The predicted molar refractivity (Wildman–Crippen MR) is 91.5 cm³/mol. The molecule has 0 fully saturated rings. The minimum absolute atomic E-state index is 0.786. The maximum Gasteiger partial charge on any atom is 0.215 e. The predicted octanol–water partition coefficient (Wildman–Crippen LogP) is 6.19. The molecule has 0 N–H and O–H groups in total. The largest absolute Gasteiger partial charge is 0.456 e. The van der Waals surface area contributed by atoms with E-state index in [1.807, 2.05) is 0 Å². The second kappa shape index (κ2) is 13.4. The maximum atomic E-state index is 6.60. The second-order valence-corrected chi connectivity index (χ2v) is 11.3. The molecule has 0 atom stereocenters. The van der Waals surface area contributed by atoms with Crippen molar-refractivity contribution in [2.45, 2.75) is 103 Å². The lowest BCUT2D eigenvalue weighted by Crippen LogP contribution is -2.39. The highest BCUT2D eigenvalue weighted by atomic mass is 28.4. The zero-order chi connectivity index (χ0) is 14.4. The van der Waals surface area contributed by atoms with Crippen LogP contribution in [-0.2, 0) is 4.12 Å². The molecule has 0 aliphatic rings. The molecule has 0 aliphatic heterocycles. The van der Waals surface area contributed by atoms with Crippen LogP contribution in [0, 0.1) is 0 Å². The summed E-state index contributed by atoms with van der Waals surface area (Å²) in [5.41, 5.74) is 0. The van der Waals surface area contributed by atoms with Crippen LogP contribution in [0.25, 0.3) is 0 Å². The molecule has 114 valence electrons. The van der Waals surface area contributed by atoms with Gasteiger partial charge >= 0.3 is 0 Å². The summed E-state index contributed by atoms with van der Waals surface area (Å²) in [7, 11) is -0.610. The van der Waals surface area contributed by atoms with E-state index in [9.17, 15) is 0 Å². The molecule has 0 saturated carbocycles. The van der Waals surface area contributed by atoms with Gasteiger partial charge in [-0.1, -0.05) is 79.1 Å². The van der Waals surface area contributed by atoms with Gasteiger partial charge in [-0.15, -0.1) is 0 Å². The summed E-state index contributed by atoms with van der Waals surface area (Å²) >= 11 is 0. The first-order chi connectivity index (χ1) is 9.24. The summed E-state index contributed by atoms with van der Waals surface area (Å²) in [6.45, 7) is 9.23. The summed E-state index contributed by atoms with van der Waals surface area (Å²) in [6.07, 6.45) is 10.8. The highest BCUT2D eigenvalue weighted by molar-refractivity contribution is 6.77. The molecule has 1 nitrogen and oxygen atoms in total. The van der Waals surface area contributed by atoms with Crippen LogP contribution in [0.4, 0.5) is 0 Å². The molecule has 3 heteroatoms. The van der Waals surface area contributed by atoms with E-state index in [0.717, 1.165) is 9.76 Å². The molecule has 0 spiro atoms. The van der Waals surface area contributed by atoms with Crippen molar-refractivity contribution in [1.29, 1.82) is 0 Å². The summed E-state index contributed by atoms with van der Waals surface area (Å²) in [5.74, 6) is 0.